The molecule has 0 bridgehead atoms. The first-order valence-electron chi connectivity index (χ1n) is 10.2. The zero-order valence-corrected chi connectivity index (χ0v) is 18.3. The fourth-order valence-electron chi connectivity index (χ4n) is 3.88. The van der Waals surface area contributed by atoms with Gasteiger partial charge in [0.05, 0.1) is 15.8 Å². The summed E-state index contributed by atoms with van der Waals surface area (Å²) >= 11 is 1.58. The number of aryl methyl sites for hydroxylation is 1. The van der Waals surface area contributed by atoms with Crippen molar-refractivity contribution in [3.8, 4) is 11.5 Å². The minimum absolute atomic E-state index is 0.00929. The molecule has 1 N–H and O–H groups in total. The summed E-state index contributed by atoms with van der Waals surface area (Å²) in [5.41, 5.74) is 1.95. The first-order valence-corrected chi connectivity index (χ1v) is 11.0. The van der Waals surface area contributed by atoms with Crippen molar-refractivity contribution in [2.45, 2.75) is 26.2 Å². The molecule has 170 valence electrons. The molecule has 5 rings (SSSR count). The number of halogens is 3. The number of hydrogen-bond acceptors (Lipinski definition) is 4. The minimum Gasteiger partial charge on any atom is -0.454 e. The number of fused-ring (bicyclic) bond motifs is 2. The number of hydrogen-bond donors (Lipinski definition) is 1. The number of rotatable bonds is 5. The molecule has 1 aliphatic heterocycles. The Hall–Kier alpha value is -3.46. The number of thiophene rings is 1. The number of nitrogens with one attached hydrogen (secondary N) is 1. The third-order valence-electron chi connectivity index (χ3n) is 5.43. The lowest BCUT2D eigenvalue weighted by molar-refractivity contribution is -0.137. The highest BCUT2D eigenvalue weighted by Crippen LogP contribution is 2.34. The lowest BCUT2D eigenvalue weighted by atomic mass is 10.1. The number of carbonyl (C=O) groups is 1. The zero-order valence-electron chi connectivity index (χ0n) is 17.5. The van der Waals surface area contributed by atoms with Crippen LogP contribution in [-0.4, -0.2) is 17.3 Å². The van der Waals surface area contributed by atoms with Gasteiger partial charge in [-0.05, 0) is 54.4 Å². The molecule has 2 aromatic heterocycles. The summed E-state index contributed by atoms with van der Waals surface area (Å²) in [5, 5.41) is 2.76. The quantitative estimate of drug-likeness (QED) is 0.403. The number of ether oxygens (including phenoxy) is 2. The summed E-state index contributed by atoms with van der Waals surface area (Å²) in [7, 11) is 0. The number of aromatic nitrogens is 1. The van der Waals surface area contributed by atoms with Gasteiger partial charge in [-0.1, -0.05) is 18.2 Å². The summed E-state index contributed by atoms with van der Waals surface area (Å²) in [4.78, 5) is 14.2. The van der Waals surface area contributed by atoms with Crippen LogP contribution in [0.3, 0.4) is 0 Å². The van der Waals surface area contributed by atoms with Crippen molar-refractivity contribution in [3.05, 3.63) is 81.9 Å². The Bertz CT molecular complexity index is 1360. The van der Waals surface area contributed by atoms with Crippen LogP contribution < -0.4 is 14.8 Å². The maximum absolute atomic E-state index is 13.1. The molecule has 0 saturated carbocycles. The number of amides is 1. The molecule has 0 fully saturated rings. The van der Waals surface area contributed by atoms with Gasteiger partial charge in [0, 0.05) is 18.0 Å². The predicted octanol–water partition coefficient (Wildman–Crippen LogP) is 5.74. The van der Waals surface area contributed by atoms with Crippen LogP contribution in [0.5, 0.6) is 11.5 Å². The van der Waals surface area contributed by atoms with Crippen LogP contribution in [0.25, 0.3) is 10.2 Å². The van der Waals surface area contributed by atoms with E-state index < -0.39 is 11.7 Å². The molecular formula is C24H19F3N2O3S. The maximum atomic E-state index is 13.1. The van der Waals surface area contributed by atoms with E-state index >= 15 is 0 Å². The van der Waals surface area contributed by atoms with E-state index in [4.69, 9.17) is 9.47 Å². The summed E-state index contributed by atoms with van der Waals surface area (Å²) in [6, 6.07) is 14.4. The average molecular weight is 472 g/mol. The molecule has 1 amide bonds. The van der Waals surface area contributed by atoms with Crippen molar-refractivity contribution in [2.24, 2.45) is 0 Å². The van der Waals surface area contributed by atoms with Crippen molar-refractivity contribution in [1.29, 1.82) is 0 Å². The predicted molar refractivity (Wildman–Crippen MR) is 119 cm³/mol. The molecule has 0 atom stereocenters. The molecular weight excluding hydrogens is 453 g/mol. The Kier molecular flexibility index (Phi) is 5.28. The van der Waals surface area contributed by atoms with Gasteiger partial charge in [-0.2, -0.15) is 13.2 Å². The van der Waals surface area contributed by atoms with E-state index in [9.17, 15) is 18.0 Å². The van der Waals surface area contributed by atoms with Gasteiger partial charge in [-0.15, -0.1) is 11.3 Å². The lowest BCUT2D eigenvalue weighted by Gasteiger charge is -2.12. The van der Waals surface area contributed by atoms with E-state index in [1.54, 1.807) is 17.4 Å². The largest absolute Gasteiger partial charge is 0.454 e. The fraction of sp³-hybridized carbons (Fsp3) is 0.208. The molecule has 1 aliphatic rings. The molecule has 4 aromatic rings. The highest BCUT2D eigenvalue weighted by molar-refractivity contribution is 7.19. The Labute approximate surface area is 191 Å². The van der Waals surface area contributed by atoms with Gasteiger partial charge < -0.3 is 19.4 Å². The average Bonchev–Trinajstić information content (AvgIpc) is 3.47. The standard InChI is InChI=1S/C24H19F3N2O3S/c1-14-7-18-22(33-14)10-19(29(18)12-16-5-6-20-21(9-16)32-13-31-20)23(30)28-11-15-3-2-4-17(8-15)24(25,26)27/h2-10H,11-13H2,1H3,(H,28,30). The monoisotopic (exact) mass is 472 g/mol. The maximum Gasteiger partial charge on any atom is 0.416 e. The van der Waals surface area contributed by atoms with Crippen LogP contribution in [0, 0.1) is 6.92 Å². The second-order valence-electron chi connectivity index (χ2n) is 7.79. The number of carbonyl (C=O) groups excluding carboxylic acids is 1. The SMILES string of the molecule is Cc1cc2c(cc(C(=O)NCc3cccc(C(F)(F)F)c3)n2Cc2ccc3c(c2)OCO3)s1. The number of alkyl halides is 3. The fourth-order valence-corrected chi connectivity index (χ4v) is 4.84. The zero-order chi connectivity index (χ0) is 23.2. The summed E-state index contributed by atoms with van der Waals surface area (Å²) < 4.78 is 52.7. The van der Waals surface area contributed by atoms with Crippen LogP contribution in [0.1, 0.15) is 32.1 Å². The van der Waals surface area contributed by atoms with Crippen molar-refractivity contribution < 1.29 is 27.4 Å². The molecule has 0 spiro atoms. The van der Waals surface area contributed by atoms with Gasteiger partial charge in [-0.3, -0.25) is 4.79 Å². The van der Waals surface area contributed by atoms with Crippen LogP contribution >= 0.6 is 11.3 Å². The number of nitrogens with zero attached hydrogens (tertiary/aromatic N) is 1. The van der Waals surface area contributed by atoms with E-state index in [0.717, 1.165) is 32.8 Å². The first-order chi connectivity index (χ1) is 15.8. The molecule has 5 nitrogen and oxygen atoms in total. The molecule has 9 heteroatoms. The lowest BCUT2D eigenvalue weighted by Crippen LogP contribution is -2.25. The second kappa shape index (κ2) is 8.15. The Balaban J connectivity index is 1.41. The van der Waals surface area contributed by atoms with Gasteiger partial charge in [0.2, 0.25) is 6.79 Å². The third-order valence-corrected chi connectivity index (χ3v) is 6.42. The van der Waals surface area contributed by atoms with E-state index in [2.05, 4.69) is 5.32 Å². The van der Waals surface area contributed by atoms with E-state index in [0.29, 0.717) is 29.3 Å². The normalized spacial score (nSPS) is 13.0. The Morgan fingerprint density at radius 3 is 2.70 bits per heavy atom. The van der Waals surface area contributed by atoms with Gasteiger partial charge >= 0.3 is 6.18 Å². The Morgan fingerprint density at radius 1 is 1.06 bits per heavy atom. The van der Waals surface area contributed by atoms with Crippen LogP contribution in [0.15, 0.2) is 54.6 Å². The summed E-state index contributed by atoms with van der Waals surface area (Å²) in [5.74, 6) is 0.990. The van der Waals surface area contributed by atoms with E-state index in [1.165, 1.54) is 6.07 Å². The molecule has 0 radical (unpaired) electrons. The highest BCUT2D eigenvalue weighted by atomic mass is 32.1. The molecule has 3 heterocycles. The summed E-state index contributed by atoms with van der Waals surface area (Å²) in [6.45, 7) is 2.61. The van der Waals surface area contributed by atoms with Gasteiger partial charge in [0.1, 0.15) is 5.69 Å². The van der Waals surface area contributed by atoms with Crippen LogP contribution in [-0.2, 0) is 19.3 Å². The van der Waals surface area contributed by atoms with Gasteiger partial charge in [-0.25, -0.2) is 0 Å². The topological polar surface area (TPSA) is 52.5 Å². The van der Waals surface area contributed by atoms with Gasteiger partial charge in [0.25, 0.3) is 5.91 Å². The minimum atomic E-state index is -4.43. The molecule has 33 heavy (non-hydrogen) atoms. The van der Waals surface area contributed by atoms with E-state index in [1.807, 2.05) is 41.8 Å². The number of benzene rings is 2. The van der Waals surface area contributed by atoms with E-state index in [-0.39, 0.29) is 19.2 Å². The molecule has 0 saturated heterocycles. The van der Waals surface area contributed by atoms with Crippen molar-refractivity contribution in [3.63, 3.8) is 0 Å². The highest BCUT2D eigenvalue weighted by Gasteiger charge is 2.30. The van der Waals surface area contributed by atoms with Gasteiger partial charge in [0.15, 0.2) is 11.5 Å². The molecule has 0 aliphatic carbocycles. The molecule has 2 aromatic carbocycles. The smallest absolute Gasteiger partial charge is 0.416 e. The molecule has 0 unspecified atom stereocenters. The summed E-state index contributed by atoms with van der Waals surface area (Å²) in [6.07, 6.45) is -4.43. The van der Waals surface area contributed by atoms with Crippen molar-refractivity contribution in [2.75, 3.05) is 6.79 Å². The van der Waals surface area contributed by atoms with Crippen LogP contribution in [0.2, 0.25) is 0 Å². The van der Waals surface area contributed by atoms with Crippen molar-refractivity contribution in [1.82, 2.24) is 9.88 Å². The van der Waals surface area contributed by atoms with Crippen molar-refractivity contribution >= 4 is 27.5 Å². The Morgan fingerprint density at radius 2 is 1.88 bits per heavy atom. The van der Waals surface area contributed by atoms with Crippen LogP contribution in [0.4, 0.5) is 13.2 Å². The third kappa shape index (κ3) is 4.28. The second-order valence-corrected chi connectivity index (χ2v) is 9.08. The first kappa shape index (κ1) is 21.4.